The van der Waals surface area contributed by atoms with Crippen LogP contribution in [0.1, 0.15) is 25.7 Å². The average molecular weight is 422 g/mol. The molecule has 1 aromatic carbocycles. The third-order valence-electron chi connectivity index (χ3n) is 5.71. The Kier molecular flexibility index (Phi) is 5.09. The predicted molar refractivity (Wildman–Crippen MR) is 112 cm³/mol. The minimum absolute atomic E-state index is 0.170. The van der Waals surface area contributed by atoms with E-state index in [2.05, 4.69) is 14.8 Å². The van der Waals surface area contributed by atoms with Crippen molar-refractivity contribution in [3.05, 3.63) is 41.7 Å². The van der Waals surface area contributed by atoms with Crippen molar-refractivity contribution in [3.8, 4) is 5.69 Å². The molecule has 28 heavy (non-hydrogen) atoms. The second-order valence-corrected chi connectivity index (χ2v) is 10.5. The van der Waals surface area contributed by atoms with Gasteiger partial charge in [0.25, 0.3) is 0 Å². The Bertz CT molecular complexity index is 1010. The van der Waals surface area contributed by atoms with Crippen LogP contribution in [0.15, 0.2) is 41.0 Å². The number of amides is 2. The third-order valence-corrected chi connectivity index (χ3v) is 8.61. The van der Waals surface area contributed by atoms with Gasteiger partial charge in [-0.2, -0.15) is 5.10 Å². The highest BCUT2D eigenvalue weighted by molar-refractivity contribution is 7.93. The molecule has 150 valence electrons. The molecule has 1 N–H and O–H groups in total. The zero-order valence-corrected chi connectivity index (χ0v) is 17.4. The summed E-state index contributed by atoms with van der Waals surface area (Å²) in [7, 11) is -0.595. The van der Waals surface area contributed by atoms with E-state index < -0.39 is 9.73 Å². The maximum absolute atomic E-state index is 13.0. The summed E-state index contributed by atoms with van der Waals surface area (Å²) in [6.45, 7) is 0.670. The largest absolute Gasteiger partial charge is 0.322 e. The molecule has 2 unspecified atom stereocenters. The number of likely N-dealkylation sites (tertiary alicyclic amines) is 1. The van der Waals surface area contributed by atoms with Crippen LogP contribution in [-0.4, -0.2) is 55.6 Å². The summed E-state index contributed by atoms with van der Waals surface area (Å²) in [4.78, 5) is 14.9. The summed E-state index contributed by atoms with van der Waals surface area (Å²) in [5, 5.41) is 7.84. The third kappa shape index (κ3) is 3.51. The number of carbonyl (C=O) groups excluding carboxylic acids is 1. The van der Waals surface area contributed by atoms with Crippen LogP contribution in [0.2, 0.25) is 5.02 Å². The Balaban J connectivity index is 1.53. The van der Waals surface area contributed by atoms with E-state index in [1.165, 1.54) is 0 Å². The minimum atomic E-state index is -2.22. The zero-order valence-electron chi connectivity index (χ0n) is 15.8. The van der Waals surface area contributed by atoms with Gasteiger partial charge in [-0.25, -0.2) is 18.0 Å². The smallest absolute Gasteiger partial charge is 0.318 e. The molecule has 2 aliphatic rings. The fraction of sp³-hybridized carbons (Fsp3) is 0.474. The second-order valence-electron chi connectivity index (χ2n) is 7.44. The number of aromatic nitrogens is 2. The first kappa shape index (κ1) is 19.3. The van der Waals surface area contributed by atoms with Crippen LogP contribution in [0, 0.1) is 0 Å². The number of hydrogen-bond acceptors (Lipinski definition) is 4. The second kappa shape index (κ2) is 7.40. The van der Waals surface area contributed by atoms with Gasteiger partial charge in [0.15, 0.2) is 0 Å². The van der Waals surface area contributed by atoms with E-state index in [1.807, 2.05) is 23.1 Å². The molecule has 1 spiro atoms. The zero-order chi connectivity index (χ0) is 19.8. The van der Waals surface area contributed by atoms with E-state index in [0.29, 0.717) is 28.8 Å². The van der Waals surface area contributed by atoms with Gasteiger partial charge < -0.3 is 10.2 Å². The van der Waals surface area contributed by atoms with Crippen molar-refractivity contribution in [2.24, 2.45) is 4.36 Å². The summed E-state index contributed by atoms with van der Waals surface area (Å²) in [6.07, 6.45) is 6.87. The van der Waals surface area contributed by atoms with E-state index in [4.69, 9.17) is 11.6 Å². The van der Waals surface area contributed by atoms with E-state index in [1.54, 1.807) is 30.2 Å². The molecule has 2 atom stereocenters. The number of para-hydroxylation sites is 1. The molecular formula is C19H24ClN5O2S. The number of benzene rings is 1. The van der Waals surface area contributed by atoms with Crippen molar-refractivity contribution in [2.75, 3.05) is 30.4 Å². The monoisotopic (exact) mass is 421 g/mol. The van der Waals surface area contributed by atoms with Crippen LogP contribution >= 0.6 is 11.6 Å². The highest BCUT2D eigenvalue weighted by Crippen LogP contribution is 2.39. The van der Waals surface area contributed by atoms with Crippen LogP contribution in [-0.2, 0) is 9.73 Å². The SMILES string of the molecule is CN=S1(=O)CCCC2(CCCN2C(=O)Nc2cnn(-c3ccccc3Cl)c2)C1. The van der Waals surface area contributed by atoms with E-state index in [-0.39, 0.29) is 11.6 Å². The first-order chi connectivity index (χ1) is 13.4. The highest BCUT2D eigenvalue weighted by atomic mass is 35.5. The summed E-state index contributed by atoms with van der Waals surface area (Å²) >= 11 is 6.22. The van der Waals surface area contributed by atoms with Crippen LogP contribution in [0.5, 0.6) is 0 Å². The Morgan fingerprint density at radius 1 is 1.32 bits per heavy atom. The Labute approximate surface area is 170 Å². The number of nitrogens with zero attached hydrogens (tertiary/aromatic N) is 4. The van der Waals surface area contributed by atoms with Gasteiger partial charge in [-0.05, 0) is 37.8 Å². The normalized spacial score (nSPS) is 27.1. The van der Waals surface area contributed by atoms with E-state index in [0.717, 1.165) is 31.4 Å². The molecule has 0 aliphatic carbocycles. The summed E-state index contributed by atoms with van der Waals surface area (Å²) in [5.41, 5.74) is 1.00. The van der Waals surface area contributed by atoms with Crippen molar-refractivity contribution in [1.82, 2.24) is 14.7 Å². The molecule has 2 saturated heterocycles. The molecular weight excluding hydrogens is 398 g/mol. The predicted octanol–water partition coefficient (Wildman–Crippen LogP) is 3.78. The Morgan fingerprint density at radius 3 is 2.89 bits per heavy atom. The van der Waals surface area contributed by atoms with Crippen LogP contribution in [0.4, 0.5) is 10.5 Å². The van der Waals surface area contributed by atoms with Gasteiger partial charge in [0.2, 0.25) is 0 Å². The average Bonchev–Trinajstić information content (AvgIpc) is 3.29. The molecule has 3 heterocycles. The number of nitrogens with one attached hydrogen (secondary N) is 1. The van der Waals surface area contributed by atoms with Gasteiger partial charge in [0, 0.05) is 29.1 Å². The number of halogens is 1. The molecule has 9 heteroatoms. The number of anilines is 1. The molecule has 1 aromatic heterocycles. The Hall–Kier alpha value is -2.06. The van der Waals surface area contributed by atoms with Crippen molar-refractivity contribution in [1.29, 1.82) is 0 Å². The van der Waals surface area contributed by atoms with Gasteiger partial charge >= 0.3 is 6.03 Å². The Morgan fingerprint density at radius 2 is 2.11 bits per heavy atom. The topological polar surface area (TPSA) is 79.6 Å². The van der Waals surface area contributed by atoms with Crippen molar-refractivity contribution < 1.29 is 9.00 Å². The van der Waals surface area contributed by atoms with Gasteiger partial charge in [0.1, 0.15) is 0 Å². The quantitative estimate of drug-likeness (QED) is 0.801. The van der Waals surface area contributed by atoms with Crippen LogP contribution in [0.3, 0.4) is 0 Å². The molecule has 4 rings (SSSR count). The van der Waals surface area contributed by atoms with Crippen LogP contribution < -0.4 is 5.32 Å². The fourth-order valence-corrected chi connectivity index (χ4v) is 6.92. The molecule has 2 fully saturated rings. The molecule has 0 radical (unpaired) electrons. The maximum Gasteiger partial charge on any atom is 0.322 e. The molecule has 0 saturated carbocycles. The first-order valence-electron chi connectivity index (χ1n) is 9.44. The lowest BCUT2D eigenvalue weighted by atomic mass is 9.92. The van der Waals surface area contributed by atoms with Gasteiger partial charge in [-0.3, -0.25) is 0 Å². The van der Waals surface area contributed by atoms with Crippen molar-refractivity contribution in [3.63, 3.8) is 0 Å². The van der Waals surface area contributed by atoms with Gasteiger partial charge in [0.05, 0.1) is 40.1 Å². The van der Waals surface area contributed by atoms with Crippen molar-refractivity contribution in [2.45, 2.75) is 31.2 Å². The van der Waals surface area contributed by atoms with Crippen molar-refractivity contribution >= 4 is 33.0 Å². The van der Waals surface area contributed by atoms with Gasteiger partial charge in [-0.15, -0.1) is 0 Å². The lowest BCUT2D eigenvalue weighted by Crippen LogP contribution is -2.55. The maximum atomic E-state index is 13.0. The lowest BCUT2D eigenvalue weighted by molar-refractivity contribution is 0.160. The number of urea groups is 1. The minimum Gasteiger partial charge on any atom is -0.318 e. The molecule has 2 aliphatic heterocycles. The molecule has 2 amide bonds. The van der Waals surface area contributed by atoms with Crippen LogP contribution in [0.25, 0.3) is 5.69 Å². The standard InChI is InChI=1S/C19H24ClN5O2S/c1-21-28(27)11-5-9-19(14-28)8-4-10-24(19)18(26)23-15-12-22-25(13-15)17-7-3-2-6-16(17)20/h2-3,6-7,12-13H,4-5,8-11,14H2,1H3,(H,23,26). The van der Waals surface area contributed by atoms with E-state index >= 15 is 0 Å². The molecule has 0 bridgehead atoms. The summed E-state index contributed by atoms with van der Waals surface area (Å²) in [5.74, 6) is 1.11. The summed E-state index contributed by atoms with van der Waals surface area (Å²) < 4.78 is 18.7. The fourth-order valence-electron chi connectivity index (χ4n) is 4.36. The molecule has 7 nitrogen and oxygen atoms in total. The lowest BCUT2D eigenvalue weighted by Gasteiger charge is -2.42. The molecule has 2 aromatic rings. The van der Waals surface area contributed by atoms with E-state index in [9.17, 15) is 9.00 Å². The first-order valence-corrected chi connectivity index (χ1v) is 11.7. The number of carbonyl (C=O) groups is 1. The number of hydrogen-bond donors (Lipinski definition) is 1. The summed E-state index contributed by atoms with van der Waals surface area (Å²) in [6, 6.07) is 7.23. The number of rotatable bonds is 2. The van der Waals surface area contributed by atoms with Gasteiger partial charge in [-0.1, -0.05) is 23.7 Å². The highest BCUT2D eigenvalue weighted by Gasteiger charge is 2.47.